The number of rotatable bonds is 3. The molecule has 2 aromatic rings. The van der Waals surface area contributed by atoms with Gasteiger partial charge in [-0.2, -0.15) is 0 Å². The van der Waals surface area contributed by atoms with Crippen molar-refractivity contribution in [3.8, 4) is 5.88 Å². The molecule has 4 nitrogen and oxygen atoms in total. The Morgan fingerprint density at radius 3 is 2.53 bits per heavy atom. The third kappa shape index (κ3) is 2.97. The predicted molar refractivity (Wildman–Crippen MR) is 75.2 cm³/mol. The highest BCUT2D eigenvalue weighted by molar-refractivity contribution is 6.40. The summed E-state index contributed by atoms with van der Waals surface area (Å²) in [5.74, 6) is -0.150. The number of pyridine rings is 1. The van der Waals surface area contributed by atoms with Crippen LogP contribution in [0.15, 0.2) is 36.5 Å². The summed E-state index contributed by atoms with van der Waals surface area (Å²) in [7, 11) is 1.45. The van der Waals surface area contributed by atoms with E-state index in [-0.39, 0.29) is 11.8 Å². The Morgan fingerprint density at radius 2 is 1.89 bits per heavy atom. The van der Waals surface area contributed by atoms with E-state index in [9.17, 15) is 4.79 Å². The fraction of sp³-hybridized carbons (Fsp3) is 0.0769. The van der Waals surface area contributed by atoms with Gasteiger partial charge in [0.2, 0.25) is 5.88 Å². The van der Waals surface area contributed by atoms with Crippen LogP contribution in [0.1, 0.15) is 10.4 Å². The van der Waals surface area contributed by atoms with Gasteiger partial charge in [0.1, 0.15) is 5.56 Å². The number of benzene rings is 1. The minimum atomic E-state index is -0.389. The number of para-hydroxylation sites is 1. The van der Waals surface area contributed by atoms with Crippen LogP contribution in [0.4, 0.5) is 5.69 Å². The first kappa shape index (κ1) is 13.6. The van der Waals surface area contributed by atoms with Crippen molar-refractivity contribution in [1.29, 1.82) is 0 Å². The first-order chi connectivity index (χ1) is 9.13. The number of amides is 1. The SMILES string of the molecule is COc1ncccc1C(=O)Nc1c(Cl)cccc1Cl. The van der Waals surface area contributed by atoms with Gasteiger partial charge in [-0.3, -0.25) is 4.79 Å². The van der Waals surface area contributed by atoms with Gasteiger partial charge in [0.05, 0.1) is 22.8 Å². The summed E-state index contributed by atoms with van der Waals surface area (Å²) in [6, 6.07) is 8.23. The van der Waals surface area contributed by atoms with E-state index in [1.54, 1.807) is 30.3 Å². The molecule has 0 bridgehead atoms. The molecule has 1 aromatic carbocycles. The number of hydrogen-bond donors (Lipinski definition) is 1. The average molecular weight is 297 g/mol. The van der Waals surface area contributed by atoms with Gasteiger partial charge in [-0.25, -0.2) is 4.98 Å². The Bertz CT molecular complexity index is 597. The number of aromatic nitrogens is 1. The molecule has 19 heavy (non-hydrogen) atoms. The molecule has 0 aliphatic rings. The fourth-order valence-corrected chi connectivity index (χ4v) is 2.02. The first-order valence-electron chi connectivity index (χ1n) is 5.38. The van der Waals surface area contributed by atoms with Crippen molar-refractivity contribution in [3.05, 3.63) is 52.1 Å². The second kappa shape index (κ2) is 5.91. The van der Waals surface area contributed by atoms with Gasteiger partial charge in [0.25, 0.3) is 5.91 Å². The number of nitrogens with one attached hydrogen (secondary N) is 1. The number of hydrogen-bond acceptors (Lipinski definition) is 3. The standard InChI is InChI=1S/C13H10Cl2N2O2/c1-19-13-8(4-3-7-16-13)12(18)17-11-9(14)5-2-6-10(11)15/h2-7H,1H3,(H,17,18). The van der Waals surface area contributed by atoms with E-state index in [2.05, 4.69) is 10.3 Å². The smallest absolute Gasteiger partial charge is 0.261 e. The van der Waals surface area contributed by atoms with Gasteiger partial charge in [0.15, 0.2) is 0 Å². The molecule has 0 aliphatic heterocycles. The Balaban J connectivity index is 2.31. The summed E-state index contributed by atoms with van der Waals surface area (Å²) in [6.45, 7) is 0. The van der Waals surface area contributed by atoms with E-state index >= 15 is 0 Å². The molecule has 0 atom stereocenters. The number of carbonyl (C=O) groups is 1. The van der Waals surface area contributed by atoms with Crippen LogP contribution in [0, 0.1) is 0 Å². The lowest BCUT2D eigenvalue weighted by molar-refractivity contribution is 0.102. The zero-order chi connectivity index (χ0) is 13.8. The van der Waals surface area contributed by atoms with Crippen molar-refractivity contribution in [2.45, 2.75) is 0 Å². The maximum Gasteiger partial charge on any atom is 0.261 e. The summed E-state index contributed by atoms with van der Waals surface area (Å²) in [6.07, 6.45) is 1.54. The average Bonchev–Trinajstić information content (AvgIpc) is 2.42. The highest BCUT2D eigenvalue weighted by Crippen LogP contribution is 2.30. The predicted octanol–water partition coefficient (Wildman–Crippen LogP) is 3.65. The van der Waals surface area contributed by atoms with E-state index < -0.39 is 0 Å². The molecule has 0 saturated carbocycles. The first-order valence-corrected chi connectivity index (χ1v) is 6.13. The molecular weight excluding hydrogens is 287 g/mol. The number of nitrogens with zero attached hydrogens (tertiary/aromatic N) is 1. The molecule has 6 heteroatoms. The van der Waals surface area contributed by atoms with Crippen LogP contribution >= 0.6 is 23.2 Å². The van der Waals surface area contributed by atoms with Crippen LogP contribution in [-0.4, -0.2) is 18.0 Å². The molecule has 0 aliphatic carbocycles. The van der Waals surface area contributed by atoms with Gasteiger partial charge in [-0.15, -0.1) is 0 Å². The lowest BCUT2D eigenvalue weighted by Gasteiger charge is -2.10. The normalized spacial score (nSPS) is 10.1. The summed E-state index contributed by atoms with van der Waals surface area (Å²) in [5, 5.41) is 3.38. The zero-order valence-electron chi connectivity index (χ0n) is 9.98. The molecule has 0 unspecified atom stereocenters. The molecule has 1 heterocycles. The molecule has 0 saturated heterocycles. The van der Waals surface area contributed by atoms with Gasteiger partial charge in [-0.05, 0) is 24.3 Å². The van der Waals surface area contributed by atoms with Crippen molar-refractivity contribution >= 4 is 34.8 Å². The van der Waals surface area contributed by atoms with Crippen molar-refractivity contribution in [3.63, 3.8) is 0 Å². The van der Waals surface area contributed by atoms with Crippen molar-refractivity contribution in [1.82, 2.24) is 4.98 Å². The summed E-state index contributed by atoms with van der Waals surface area (Å²) < 4.78 is 5.03. The van der Waals surface area contributed by atoms with E-state index in [0.717, 1.165) is 0 Å². The fourth-order valence-electron chi connectivity index (χ4n) is 1.52. The Hall–Kier alpha value is -1.78. The Morgan fingerprint density at radius 1 is 1.21 bits per heavy atom. The molecule has 98 valence electrons. The molecule has 2 rings (SSSR count). The van der Waals surface area contributed by atoms with E-state index in [1.165, 1.54) is 13.3 Å². The molecule has 1 aromatic heterocycles. The number of methoxy groups -OCH3 is 1. The molecule has 0 radical (unpaired) electrons. The third-order valence-corrected chi connectivity index (χ3v) is 3.04. The van der Waals surface area contributed by atoms with E-state index in [4.69, 9.17) is 27.9 Å². The molecule has 1 amide bonds. The maximum atomic E-state index is 12.1. The minimum absolute atomic E-state index is 0.239. The minimum Gasteiger partial charge on any atom is -0.480 e. The van der Waals surface area contributed by atoms with E-state index in [0.29, 0.717) is 21.3 Å². The van der Waals surface area contributed by atoms with Gasteiger partial charge in [-0.1, -0.05) is 29.3 Å². The van der Waals surface area contributed by atoms with Crippen LogP contribution in [0.3, 0.4) is 0 Å². The number of carbonyl (C=O) groups excluding carboxylic acids is 1. The van der Waals surface area contributed by atoms with Crippen LogP contribution < -0.4 is 10.1 Å². The molecule has 1 N–H and O–H groups in total. The highest BCUT2D eigenvalue weighted by Gasteiger charge is 2.15. The zero-order valence-corrected chi connectivity index (χ0v) is 11.5. The second-order valence-corrected chi connectivity index (χ2v) is 4.43. The van der Waals surface area contributed by atoms with Crippen molar-refractivity contribution in [2.75, 3.05) is 12.4 Å². The lowest BCUT2D eigenvalue weighted by atomic mass is 10.2. The topological polar surface area (TPSA) is 51.2 Å². The summed E-state index contributed by atoms with van der Waals surface area (Å²) >= 11 is 12.0. The highest BCUT2D eigenvalue weighted by atomic mass is 35.5. The van der Waals surface area contributed by atoms with Crippen molar-refractivity contribution < 1.29 is 9.53 Å². The van der Waals surface area contributed by atoms with Crippen LogP contribution in [0.25, 0.3) is 0 Å². The van der Waals surface area contributed by atoms with Crippen molar-refractivity contribution in [2.24, 2.45) is 0 Å². The molecular formula is C13H10Cl2N2O2. The monoisotopic (exact) mass is 296 g/mol. The quantitative estimate of drug-likeness (QED) is 0.940. The lowest BCUT2D eigenvalue weighted by Crippen LogP contribution is -2.14. The summed E-state index contributed by atoms with van der Waals surface area (Å²) in [5.41, 5.74) is 0.669. The third-order valence-electron chi connectivity index (χ3n) is 2.41. The Labute approximate surface area is 120 Å². The largest absolute Gasteiger partial charge is 0.480 e. The van der Waals surface area contributed by atoms with Crippen LogP contribution in [-0.2, 0) is 0 Å². The molecule has 0 spiro atoms. The summed E-state index contributed by atoms with van der Waals surface area (Å²) in [4.78, 5) is 16.1. The van der Waals surface area contributed by atoms with Gasteiger partial charge >= 0.3 is 0 Å². The van der Waals surface area contributed by atoms with Gasteiger partial charge in [0, 0.05) is 6.20 Å². The number of ether oxygens (including phenoxy) is 1. The molecule has 0 fully saturated rings. The number of anilines is 1. The maximum absolute atomic E-state index is 12.1. The van der Waals surface area contributed by atoms with Crippen LogP contribution in [0.2, 0.25) is 10.0 Å². The van der Waals surface area contributed by atoms with Gasteiger partial charge < -0.3 is 10.1 Å². The Kier molecular flexibility index (Phi) is 4.24. The second-order valence-electron chi connectivity index (χ2n) is 3.61. The van der Waals surface area contributed by atoms with E-state index in [1.807, 2.05) is 0 Å². The van der Waals surface area contributed by atoms with Crippen LogP contribution in [0.5, 0.6) is 5.88 Å². The number of halogens is 2.